The fourth-order valence-corrected chi connectivity index (χ4v) is 3.55. The van der Waals surface area contributed by atoms with E-state index in [1.165, 1.54) is 12.1 Å². The van der Waals surface area contributed by atoms with Gasteiger partial charge in [0.25, 0.3) is 11.6 Å². The lowest BCUT2D eigenvalue weighted by molar-refractivity contribution is -0.384. The van der Waals surface area contributed by atoms with Crippen molar-refractivity contribution in [2.24, 2.45) is 0 Å². The largest absolute Gasteiger partial charge is 0.449 e. The first-order chi connectivity index (χ1) is 16.0. The summed E-state index contributed by atoms with van der Waals surface area (Å²) in [6.45, 7) is 0.160. The molecule has 0 radical (unpaired) electrons. The molecule has 9 heteroatoms. The minimum Gasteiger partial charge on any atom is -0.449 e. The van der Waals surface area contributed by atoms with E-state index in [9.17, 15) is 19.7 Å². The summed E-state index contributed by atoms with van der Waals surface area (Å²) in [4.78, 5) is 35.6. The van der Waals surface area contributed by atoms with Gasteiger partial charge < -0.3 is 10.1 Å². The lowest BCUT2D eigenvalue weighted by Gasteiger charge is -2.08. The molecule has 0 saturated carbocycles. The van der Waals surface area contributed by atoms with Crippen molar-refractivity contribution in [1.29, 1.82) is 0 Å². The van der Waals surface area contributed by atoms with Crippen molar-refractivity contribution in [3.8, 4) is 11.2 Å². The molecule has 0 aliphatic heterocycles. The molecule has 0 unspecified atom stereocenters. The minimum atomic E-state index is -0.816. The molecule has 0 heterocycles. The third-order valence-electron chi connectivity index (χ3n) is 4.32. The maximum absolute atomic E-state index is 12.6. The number of benzene rings is 3. The average molecular weight is 481 g/mol. The summed E-state index contributed by atoms with van der Waals surface area (Å²) < 4.78 is 5.03. The number of rotatable bonds is 7. The zero-order chi connectivity index (χ0) is 23.6. The highest BCUT2D eigenvalue weighted by Crippen LogP contribution is 2.23. The molecule has 1 amide bonds. The fourth-order valence-electron chi connectivity index (χ4n) is 2.70. The number of ether oxygens (including phenoxy) is 1. The Morgan fingerprint density at radius 3 is 2.52 bits per heavy atom. The van der Waals surface area contributed by atoms with Gasteiger partial charge in [-0.3, -0.25) is 14.9 Å². The molecule has 0 fully saturated rings. The SMILES string of the molecule is O=C(OCC#CSc1ccccc1C(=O)NCc1ccccc1)c1cc([N+](=O)[O-])ccc1Cl. The first-order valence-electron chi connectivity index (χ1n) is 9.62. The predicted molar refractivity (Wildman–Crippen MR) is 126 cm³/mol. The van der Waals surface area contributed by atoms with E-state index in [0.717, 1.165) is 23.4 Å². The van der Waals surface area contributed by atoms with Crippen LogP contribution < -0.4 is 5.32 Å². The molecule has 0 atom stereocenters. The zero-order valence-corrected chi connectivity index (χ0v) is 18.7. The van der Waals surface area contributed by atoms with Gasteiger partial charge in [-0.15, -0.1) is 0 Å². The number of carbonyl (C=O) groups excluding carboxylic acids is 2. The lowest BCUT2D eigenvalue weighted by atomic mass is 10.2. The summed E-state index contributed by atoms with van der Waals surface area (Å²) in [5.41, 5.74) is 1.09. The Morgan fingerprint density at radius 1 is 1.03 bits per heavy atom. The number of halogens is 1. The third kappa shape index (κ3) is 6.84. The Hall–Kier alpha value is -3.80. The number of nitro groups is 1. The molecular formula is C24H17ClN2O5S. The average Bonchev–Trinajstić information content (AvgIpc) is 2.83. The smallest absolute Gasteiger partial charge is 0.340 e. The van der Waals surface area contributed by atoms with E-state index in [-0.39, 0.29) is 28.8 Å². The summed E-state index contributed by atoms with van der Waals surface area (Å²) in [6, 6.07) is 20.1. The summed E-state index contributed by atoms with van der Waals surface area (Å²) in [5.74, 6) is 1.63. The van der Waals surface area contributed by atoms with Crippen LogP contribution in [0.4, 0.5) is 5.69 Å². The van der Waals surface area contributed by atoms with E-state index in [4.69, 9.17) is 16.3 Å². The van der Waals surface area contributed by atoms with Crippen LogP contribution in [0.2, 0.25) is 5.02 Å². The number of esters is 1. The van der Waals surface area contributed by atoms with Crippen molar-refractivity contribution in [1.82, 2.24) is 5.32 Å². The predicted octanol–water partition coefficient (Wildman–Crippen LogP) is 5.09. The van der Waals surface area contributed by atoms with Gasteiger partial charge in [0.15, 0.2) is 6.61 Å². The molecule has 33 heavy (non-hydrogen) atoms. The summed E-state index contributed by atoms with van der Waals surface area (Å²) in [6.07, 6.45) is 0. The number of hydrogen-bond donors (Lipinski definition) is 1. The normalized spacial score (nSPS) is 9.97. The summed E-state index contributed by atoms with van der Waals surface area (Å²) in [7, 11) is 0. The number of non-ortho nitro benzene ring substituents is 1. The van der Waals surface area contributed by atoms with Crippen LogP contribution in [0.5, 0.6) is 0 Å². The number of carbonyl (C=O) groups is 2. The molecule has 0 saturated heterocycles. The molecule has 7 nitrogen and oxygen atoms in total. The van der Waals surface area contributed by atoms with Crippen molar-refractivity contribution in [2.45, 2.75) is 11.4 Å². The monoisotopic (exact) mass is 480 g/mol. The second kappa shape index (κ2) is 11.7. The van der Waals surface area contributed by atoms with Crippen LogP contribution in [0.25, 0.3) is 0 Å². The summed E-state index contributed by atoms with van der Waals surface area (Å²) in [5, 5.41) is 16.6. The van der Waals surface area contributed by atoms with Crippen LogP contribution in [0.15, 0.2) is 77.7 Å². The van der Waals surface area contributed by atoms with Crippen molar-refractivity contribution in [3.63, 3.8) is 0 Å². The van der Waals surface area contributed by atoms with Gasteiger partial charge in [0.1, 0.15) is 0 Å². The number of thioether (sulfide) groups is 1. The Labute approximate surface area is 199 Å². The molecule has 0 bridgehead atoms. The van der Waals surface area contributed by atoms with Crippen molar-refractivity contribution in [2.75, 3.05) is 6.61 Å². The fraction of sp³-hybridized carbons (Fsp3) is 0.0833. The number of amides is 1. The van der Waals surface area contributed by atoms with Gasteiger partial charge in [0.2, 0.25) is 0 Å². The van der Waals surface area contributed by atoms with Crippen molar-refractivity contribution >= 4 is 40.9 Å². The maximum Gasteiger partial charge on any atom is 0.340 e. The highest BCUT2D eigenvalue weighted by molar-refractivity contribution is 8.04. The molecule has 3 rings (SSSR count). The van der Waals surface area contributed by atoms with Crippen LogP contribution in [0, 0.1) is 21.3 Å². The first-order valence-corrected chi connectivity index (χ1v) is 10.8. The van der Waals surface area contributed by atoms with Gasteiger partial charge in [0, 0.05) is 23.6 Å². The minimum absolute atomic E-state index is 0.0448. The number of nitro benzene ring substituents is 1. The van der Waals surface area contributed by atoms with Gasteiger partial charge in [-0.05, 0) is 46.7 Å². The molecule has 0 aliphatic rings. The highest BCUT2D eigenvalue weighted by Gasteiger charge is 2.16. The van der Waals surface area contributed by atoms with E-state index in [1.54, 1.807) is 24.3 Å². The first kappa shape index (κ1) is 23.9. The van der Waals surface area contributed by atoms with Crippen LogP contribution in [0.3, 0.4) is 0 Å². The molecule has 166 valence electrons. The van der Waals surface area contributed by atoms with E-state index in [2.05, 4.69) is 16.5 Å². The molecule has 0 aromatic heterocycles. The van der Waals surface area contributed by atoms with Gasteiger partial charge in [-0.25, -0.2) is 4.79 Å². The summed E-state index contributed by atoms with van der Waals surface area (Å²) >= 11 is 7.05. The Morgan fingerprint density at radius 2 is 1.76 bits per heavy atom. The second-order valence-electron chi connectivity index (χ2n) is 6.54. The molecular weight excluding hydrogens is 464 g/mol. The second-order valence-corrected chi connectivity index (χ2v) is 7.80. The van der Waals surface area contributed by atoms with Gasteiger partial charge in [0.05, 0.1) is 21.1 Å². The Balaban J connectivity index is 1.57. The van der Waals surface area contributed by atoms with Gasteiger partial charge in [-0.1, -0.05) is 54.1 Å². The number of nitrogens with zero attached hydrogens (tertiary/aromatic N) is 1. The van der Waals surface area contributed by atoms with Gasteiger partial charge >= 0.3 is 5.97 Å². The van der Waals surface area contributed by atoms with Crippen LogP contribution in [0.1, 0.15) is 26.3 Å². The molecule has 3 aromatic rings. The quantitative estimate of drug-likeness (QED) is 0.166. The Bertz CT molecular complexity index is 1240. The number of hydrogen-bond acceptors (Lipinski definition) is 6. The van der Waals surface area contributed by atoms with E-state index in [1.807, 2.05) is 30.3 Å². The van der Waals surface area contributed by atoms with Crippen LogP contribution >= 0.6 is 23.4 Å². The van der Waals surface area contributed by atoms with E-state index >= 15 is 0 Å². The molecule has 1 N–H and O–H groups in total. The van der Waals surface area contributed by atoms with Crippen molar-refractivity contribution in [3.05, 3.63) is 105 Å². The molecule has 0 spiro atoms. The highest BCUT2D eigenvalue weighted by atomic mass is 35.5. The van der Waals surface area contributed by atoms with Gasteiger partial charge in [-0.2, -0.15) is 0 Å². The molecule has 0 aliphatic carbocycles. The maximum atomic E-state index is 12.6. The third-order valence-corrected chi connectivity index (χ3v) is 5.47. The molecule has 3 aromatic carbocycles. The Kier molecular flexibility index (Phi) is 8.47. The lowest BCUT2D eigenvalue weighted by Crippen LogP contribution is -2.23. The van der Waals surface area contributed by atoms with Crippen LogP contribution in [-0.2, 0) is 11.3 Å². The van der Waals surface area contributed by atoms with E-state index in [0.29, 0.717) is 17.0 Å². The topological polar surface area (TPSA) is 98.5 Å². The standard InChI is InChI=1S/C24H17ClN2O5S/c25-21-12-11-18(27(30)31)15-20(21)24(29)32-13-6-14-33-22-10-5-4-9-19(22)23(28)26-16-17-7-2-1-3-8-17/h1-5,7-12,15H,13,16H2,(H,26,28). The van der Waals surface area contributed by atoms with E-state index < -0.39 is 10.9 Å². The van der Waals surface area contributed by atoms with Crippen molar-refractivity contribution < 1.29 is 19.2 Å². The number of nitrogens with one attached hydrogen (secondary N) is 1. The van der Waals surface area contributed by atoms with Crippen LogP contribution in [-0.4, -0.2) is 23.4 Å². The zero-order valence-electron chi connectivity index (χ0n) is 17.1.